The smallest absolute Gasteiger partial charge is 0.329 e. The monoisotopic (exact) mass is 361 g/mol. The molecule has 0 aromatic heterocycles. The first-order chi connectivity index (χ1) is 12.2. The van der Waals surface area contributed by atoms with Gasteiger partial charge in [0, 0.05) is 33.6 Å². The van der Waals surface area contributed by atoms with Crippen molar-refractivity contribution in [1.29, 1.82) is 0 Å². The van der Waals surface area contributed by atoms with Crippen LogP contribution in [0.1, 0.15) is 25.3 Å². The third kappa shape index (κ3) is 4.74. The Balaban J connectivity index is 2.07. The zero-order valence-corrected chi connectivity index (χ0v) is 15.6. The molecule has 1 aliphatic heterocycles. The molecule has 1 saturated heterocycles. The van der Waals surface area contributed by atoms with Gasteiger partial charge in [-0.2, -0.15) is 0 Å². The number of nitrogens with zero attached hydrogens (tertiary/aromatic N) is 2. The van der Waals surface area contributed by atoms with Crippen molar-refractivity contribution in [2.75, 3.05) is 27.2 Å². The fourth-order valence-corrected chi connectivity index (χ4v) is 3.20. The van der Waals surface area contributed by atoms with Crippen molar-refractivity contribution < 1.29 is 19.5 Å². The minimum atomic E-state index is -1.40. The summed E-state index contributed by atoms with van der Waals surface area (Å²) in [6.45, 7) is 2.44. The van der Waals surface area contributed by atoms with Crippen molar-refractivity contribution >= 4 is 17.9 Å². The van der Waals surface area contributed by atoms with E-state index < -0.39 is 17.4 Å². The van der Waals surface area contributed by atoms with E-state index in [1.165, 1.54) is 11.8 Å². The molecule has 26 heavy (non-hydrogen) atoms. The van der Waals surface area contributed by atoms with Gasteiger partial charge in [0.25, 0.3) is 0 Å². The van der Waals surface area contributed by atoms with Crippen LogP contribution in [0.15, 0.2) is 30.3 Å². The highest BCUT2D eigenvalue weighted by Gasteiger charge is 2.38. The highest BCUT2D eigenvalue weighted by Crippen LogP contribution is 2.20. The van der Waals surface area contributed by atoms with Crippen LogP contribution in [-0.4, -0.2) is 65.5 Å². The lowest BCUT2D eigenvalue weighted by molar-refractivity contribution is -0.147. The predicted octanol–water partition coefficient (Wildman–Crippen LogP) is 1.58. The third-order valence-corrected chi connectivity index (χ3v) is 4.72. The highest BCUT2D eigenvalue weighted by atomic mass is 16.4. The first-order valence-electron chi connectivity index (χ1n) is 8.78. The van der Waals surface area contributed by atoms with Gasteiger partial charge in [0.1, 0.15) is 5.54 Å². The molecule has 0 radical (unpaired) electrons. The summed E-state index contributed by atoms with van der Waals surface area (Å²) in [5.41, 5.74) is -0.558. The number of rotatable bonds is 5. The summed E-state index contributed by atoms with van der Waals surface area (Å²) in [6, 6.07) is 9.08. The van der Waals surface area contributed by atoms with Gasteiger partial charge in [-0.15, -0.1) is 0 Å². The van der Waals surface area contributed by atoms with Gasteiger partial charge in [-0.1, -0.05) is 30.3 Å². The summed E-state index contributed by atoms with van der Waals surface area (Å²) >= 11 is 0. The molecule has 1 fully saturated rings. The van der Waals surface area contributed by atoms with E-state index in [1.807, 2.05) is 30.3 Å². The Morgan fingerprint density at radius 1 is 1.27 bits per heavy atom. The van der Waals surface area contributed by atoms with Crippen LogP contribution < -0.4 is 5.32 Å². The number of aliphatic carboxylic acids is 1. The molecule has 0 saturated carbocycles. The van der Waals surface area contributed by atoms with Crippen molar-refractivity contribution in [3.05, 3.63) is 35.9 Å². The van der Waals surface area contributed by atoms with Gasteiger partial charge in [0.2, 0.25) is 5.91 Å². The largest absolute Gasteiger partial charge is 0.480 e. The highest BCUT2D eigenvalue weighted by molar-refractivity contribution is 5.88. The Morgan fingerprint density at radius 3 is 2.50 bits per heavy atom. The number of urea groups is 1. The van der Waals surface area contributed by atoms with Crippen LogP contribution in [0.2, 0.25) is 0 Å². The normalized spacial score (nSPS) is 19.3. The van der Waals surface area contributed by atoms with E-state index in [0.717, 1.165) is 12.0 Å². The Hall–Kier alpha value is -2.57. The van der Waals surface area contributed by atoms with Crippen LogP contribution in [0.5, 0.6) is 0 Å². The second kappa shape index (κ2) is 8.21. The first kappa shape index (κ1) is 19.8. The number of likely N-dealkylation sites (tertiary alicyclic amines) is 1. The van der Waals surface area contributed by atoms with Crippen molar-refractivity contribution in [2.24, 2.45) is 5.92 Å². The molecule has 142 valence electrons. The molecule has 0 spiro atoms. The van der Waals surface area contributed by atoms with Gasteiger partial charge in [-0.25, -0.2) is 9.59 Å². The fraction of sp³-hybridized carbons (Fsp3) is 0.526. The molecule has 1 aromatic carbocycles. The number of nitrogens with one attached hydrogen (secondary N) is 1. The van der Waals surface area contributed by atoms with Gasteiger partial charge in [0.05, 0.1) is 5.92 Å². The minimum Gasteiger partial charge on any atom is -0.480 e. The molecule has 0 bridgehead atoms. The standard InChI is InChI=1S/C19H27N3O4/c1-19(17(24)25,12-14-8-5-4-6-9-14)20-16(23)15-10-7-11-22(13-15)18(26)21(2)3/h4-6,8-9,15H,7,10-13H2,1-3H3,(H,20,23)(H,24,25)/t15-,19-/m1/s1. The number of hydrogen-bond donors (Lipinski definition) is 2. The maximum Gasteiger partial charge on any atom is 0.329 e. The van der Waals surface area contributed by atoms with Crippen molar-refractivity contribution in [2.45, 2.75) is 31.7 Å². The molecule has 7 heteroatoms. The van der Waals surface area contributed by atoms with E-state index in [4.69, 9.17) is 0 Å². The molecule has 7 nitrogen and oxygen atoms in total. The van der Waals surface area contributed by atoms with Gasteiger partial charge in [-0.3, -0.25) is 4.79 Å². The van der Waals surface area contributed by atoms with E-state index >= 15 is 0 Å². The number of amides is 3. The number of carboxylic acids is 1. The molecule has 1 heterocycles. The summed E-state index contributed by atoms with van der Waals surface area (Å²) < 4.78 is 0. The van der Waals surface area contributed by atoms with Gasteiger partial charge in [0.15, 0.2) is 0 Å². The Kier molecular flexibility index (Phi) is 6.23. The van der Waals surface area contributed by atoms with Crippen molar-refractivity contribution in [3.8, 4) is 0 Å². The van der Waals surface area contributed by atoms with Gasteiger partial charge >= 0.3 is 12.0 Å². The summed E-state index contributed by atoms with van der Waals surface area (Å²) in [7, 11) is 3.35. The van der Waals surface area contributed by atoms with E-state index in [0.29, 0.717) is 19.5 Å². The lowest BCUT2D eigenvalue weighted by Gasteiger charge is -2.35. The maximum absolute atomic E-state index is 12.7. The summed E-state index contributed by atoms with van der Waals surface area (Å²) in [4.78, 5) is 39.8. The predicted molar refractivity (Wildman–Crippen MR) is 97.7 cm³/mol. The summed E-state index contributed by atoms with van der Waals surface area (Å²) in [6.07, 6.45) is 1.56. The summed E-state index contributed by atoms with van der Waals surface area (Å²) in [5, 5.41) is 12.4. The van der Waals surface area contributed by atoms with E-state index in [1.54, 1.807) is 19.0 Å². The SMILES string of the molecule is CN(C)C(=O)N1CCC[C@@H](C(=O)N[C@](C)(Cc2ccccc2)C(=O)O)C1. The maximum atomic E-state index is 12.7. The molecule has 3 amide bonds. The van der Waals surface area contributed by atoms with Crippen molar-refractivity contribution in [3.63, 3.8) is 0 Å². The molecule has 1 aromatic rings. The minimum absolute atomic E-state index is 0.132. The molecule has 0 aliphatic carbocycles. The Bertz CT molecular complexity index is 662. The second-order valence-corrected chi connectivity index (χ2v) is 7.25. The van der Waals surface area contributed by atoms with Crippen LogP contribution in [0.4, 0.5) is 4.79 Å². The molecular formula is C19H27N3O4. The number of carbonyl (C=O) groups excluding carboxylic acids is 2. The number of piperidine rings is 1. The zero-order chi connectivity index (χ0) is 19.3. The lowest BCUT2D eigenvalue weighted by atomic mass is 9.90. The topological polar surface area (TPSA) is 90.0 Å². The first-order valence-corrected chi connectivity index (χ1v) is 8.78. The van der Waals surface area contributed by atoms with Crippen LogP contribution in [0, 0.1) is 5.92 Å². The quantitative estimate of drug-likeness (QED) is 0.833. The third-order valence-electron chi connectivity index (χ3n) is 4.72. The van der Waals surface area contributed by atoms with Crippen LogP contribution in [0.25, 0.3) is 0 Å². The van der Waals surface area contributed by atoms with Crippen LogP contribution >= 0.6 is 0 Å². The van der Waals surface area contributed by atoms with E-state index in [2.05, 4.69) is 5.32 Å². The number of benzene rings is 1. The van der Waals surface area contributed by atoms with Crippen LogP contribution in [0.3, 0.4) is 0 Å². The molecular weight excluding hydrogens is 334 g/mol. The van der Waals surface area contributed by atoms with E-state index in [9.17, 15) is 19.5 Å². The molecule has 1 aliphatic rings. The second-order valence-electron chi connectivity index (χ2n) is 7.25. The Morgan fingerprint density at radius 2 is 1.92 bits per heavy atom. The average Bonchev–Trinajstić information content (AvgIpc) is 2.61. The average molecular weight is 361 g/mol. The van der Waals surface area contributed by atoms with E-state index in [-0.39, 0.29) is 18.4 Å². The number of carboxylic acid groups (broad SMARTS) is 1. The zero-order valence-electron chi connectivity index (χ0n) is 15.6. The van der Waals surface area contributed by atoms with Crippen molar-refractivity contribution in [1.82, 2.24) is 15.1 Å². The number of hydrogen-bond acceptors (Lipinski definition) is 3. The lowest BCUT2D eigenvalue weighted by Crippen LogP contribution is -2.57. The van der Waals surface area contributed by atoms with Gasteiger partial charge in [-0.05, 0) is 25.3 Å². The molecule has 2 rings (SSSR count). The fourth-order valence-electron chi connectivity index (χ4n) is 3.20. The number of carbonyl (C=O) groups is 3. The Labute approximate surface area is 154 Å². The summed E-state index contributed by atoms with van der Waals surface area (Å²) in [5.74, 6) is -1.80. The van der Waals surface area contributed by atoms with Gasteiger partial charge < -0.3 is 20.2 Å². The molecule has 2 atom stereocenters. The molecule has 0 unspecified atom stereocenters. The van der Waals surface area contributed by atoms with Crippen LogP contribution in [-0.2, 0) is 16.0 Å². The molecule has 2 N–H and O–H groups in total.